The molecule has 4 rings (SSSR count). The minimum atomic E-state index is -3.56. The first-order valence-electron chi connectivity index (χ1n) is 9.68. The van der Waals surface area contributed by atoms with Crippen molar-refractivity contribution in [2.45, 2.75) is 23.8 Å². The van der Waals surface area contributed by atoms with Gasteiger partial charge in [0.25, 0.3) is 5.91 Å². The predicted octanol–water partition coefficient (Wildman–Crippen LogP) is 2.15. The summed E-state index contributed by atoms with van der Waals surface area (Å²) in [6, 6.07) is 11.9. The van der Waals surface area contributed by atoms with Crippen molar-refractivity contribution in [2.24, 2.45) is 0 Å². The van der Waals surface area contributed by atoms with Crippen molar-refractivity contribution in [3.63, 3.8) is 0 Å². The molecule has 1 N–H and O–H groups in total. The molecule has 1 saturated heterocycles. The SMILES string of the molecule is N#C/C(=C\c1ccc(-c2ccc(S(=O)(=O)N3CCOCC3)cc2)o1)C(=O)NC1CC1. The molecule has 0 radical (unpaired) electrons. The maximum absolute atomic E-state index is 12.7. The van der Waals surface area contributed by atoms with Gasteiger partial charge in [0.05, 0.1) is 18.1 Å². The molecular formula is C21H21N3O5S. The molecule has 2 heterocycles. The lowest BCUT2D eigenvalue weighted by Gasteiger charge is -2.26. The fourth-order valence-electron chi connectivity index (χ4n) is 3.09. The van der Waals surface area contributed by atoms with Gasteiger partial charge in [-0.25, -0.2) is 8.42 Å². The Bertz CT molecular complexity index is 1100. The molecule has 0 spiro atoms. The molecular weight excluding hydrogens is 406 g/mol. The van der Waals surface area contributed by atoms with E-state index < -0.39 is 15.9 Å². The van der Waals surface area contributed by atoms with Gasteiger partial charge in [-0.3, -0.25) is 4.79 Å². The maximum atomic E-state index is 12.7. The van der Waals surface area contributed by atoms with Crippen LogP contribution in [0.15, 0.2) is 51.3 Å². The Morgan fingerprint density at radius 1 is 1.13 bits per heavy atom. The molecule has 30 heavy (non-hydrogen) atoms. The summed E-state index contributed by atoms with van der Waals surface area (Å²) in [4.78, 5) is 12.3. The third-order valence-corrected chi connectivity index (χ3v) is 6.85. The maximum Gasteiger partial charge on any atom is 0.262 e. The van der Waals surface area contributed by atoms with Gasteiger partial charge in [0.2, 0.25) is 10.0 Å². The molecule has 2 aliphatic rings. The summed E-state index contributed by atoms with van der Waals surface area (Å²) in [6.07, 6.45) is 3.28. The molecule has 9 heteroatoms. The Balaban J connectivity index is 1.50. The number of ether oxygens (including phenoxy) is 1. The number of furan rings is 1. The first kappa shape index (κ1) is 20.3. The highest BCUT2D eigenvalue weighted by atomic mass is 32.2. The number of sulfonamides is 1. The summed E-state index contributed by atoms with van der Waals surface area (Å²) in [5.74, 6) is 0.476. The van der Waals surface area contributed by atoms with Gasteiger partial charge in [0, 0.05) is 30.8 Å². The highest BCUT2D eigenvalue weighted by Gasteiger charge is 2.26. The van der Waals surface area contributed by atoms with Crippen LogP contribution in [0.4, 0.5) is 0 Å². The monoisotopic (exact) mass is 427 g/mol. The number of morpholine rings is 1. The topological polar surface area (TPSA) is 113 Å². The van der Waals surface area contributed by atoms with Crippen LogP contribution in [0, 0.1) is 11.3 Å². The average Bonchev–Trinajstić information content (AvgIpc) is 3.46. The normalized spacial score (nSPS) is 18.0. The molecule has 8 nitrogen and oxygen atoms in total. The lowest BCUT2D eigenvalue weighted by atomic mass is 10.2. The summed E-state index contributed by atoms with van der Waals surface area (Å²) in [6.45, 7) is 1.47. The molecule has 1 aliphatic heterocycles. The molecule has 2 aromatic rings. The third kappa shape index (κ3) is 4.46. The van der Waals surface area contributed by atoms with Gasteiger partial charge in [0.15, 0.2) is 0 Å². The highest BCUT2D eigenvalue weighted by molar-refractivity contribution is 7.89. The Labute approximate surface area is 174 Å². The van der Waals surface area contributed by atoms with Gasteiger partial charge in [0.1, 0.15) is 23.2 Å². The molecule has 1 aromatic heterocycles. The van der Waals surface area contributed by atoms with E-state index in [0.29, 0.717) is 43.4 Å². The Kier molecular flexibility index (Phi) is 5.72. The Hall–Kier alpha value is -2.93. The van der Waals surface area contributed by atoms with Crippen LogP contribution in [-0.2, 0) is 19.6 Å². The number of nitriles is 1. The van der Waals surface area contributed by atoms with E-state index in [1.807, 2.05) is 6.07 Å². The summed E-state index contributed by atoms with van der Waals surface area (Å²) >= 11 is 0. The second-order valence-corrected chi connectivity index (χ2v) is 9.10. The molecule has 1 aromatic carbocycles. The number of hydrogen-bond acceptors (Lipinski definition) is 6. The molecule has 0 atom stereocenters. The fourth-order valence-corrected chi connectivity index (χ4v) is 4.50. The van der Waals surface area contributed by atoms with E-state index in [1.54, 1.807) is 36.4 Å². The second kappa shape index (κ2) is 8.44. The molecule has 2 fully saturated rings. The van der Waals surface area contributed by atoms with Crippen LogP contribution in [0.2, 0.25) is 0 Å². The van der Waals surface area contributed by atoms with E-state index in [4.69, 9.17) is 9.15 Å². The van der Waals surface area contributed by atoms with E-state index in [0.717, 1.165) is 12.8 Å². The van der Waals surface area contributed by atoms with Crippen LogP contribution in [0.3, 0.4) is 0 Å². The number of hydrogen-bond donors (Lipinski definition) is 1. The molecule has 0 unspecified atom stereocenters. The minimum absolute atomic E-state index is 0.0187. The number of benzene rings is 1. The quantitative estimate of drug-likeness (QED) is 0.558. The summed E-state index contributed by atoms with van der Waals surface area (Å²) < 4.78 is 37.8. The van der Waals surface area contributed by atoms with Crippen LogP contribution in [0.5, 0.6) is 0 Å². The summed E-state index contributed by atoms with van der Waals surface area (Å²) in [5, 5.41) is 12.0. The smallest absolute Gasteiger partial charge is 0.262 e. The third-order valence-electron chi connectivity index (χ3n) is 4.94. The van der Waals surface area contributed by atoms with Gasteiger partial charge in [-0.1, -0.05) is 0 Å². The van der Waals surface area contributed by atoms with Crippen molar-refractivity contribution in [3.05, 3.63) is 47.7 Å². The molecule has 156 valence electrons. The van der Waals surface area contributed by atoms with Gasteiger partial charge < -0.3 is 14.5 Å². The van der Waals surface area contributed by atoms with Crippen LogP contribution >= 0.6 is 0 Å². The van der Waals surface area contributed by atoms with Gasteiger partial charge in [-0.05, 0) is 49.2 Å². The van der Waals surface area contributed by atoms with Gasteiger partial charge in [-0.15, -0.1) is 0 Å². The average molecular weight is 427 g/mol. The van der Waals surface area contributed by atoms with Gasteiger partial charge in [-0.2, -0.15) is 9.57 Å². The lowest BCUT2D eigenvalue weighted by molar-refractivity contribution is -0.117. The van der Waals surface area contributed by atoms with Crippen LogP contribution in [-0.4, -0.2) is 51.0 Å². The summed E-state index contributed by atoms with van der Waals surface area (Å²) in [7, 11) is -3.56. The van der Waals surface area contributed by atoms with Gasteiger partial charge >= 0.3 is 0 Å². The number of nitrogens with zero attached hydrogens (tertiary/aromatic N) is 2. The number of carbonyl (C=O) groups excluding carboxylic acids is 1. The number of amides is 1. The number of carbonyl (C=O) groups is 1. The van der Waals surface area contributed by atoms with E-state index in [9.17, 15) is 18.5 Å². The van der Waals surface area contributed by atoms with E-state index in [1.165, 1.54) is 10.4 Å². The zero-order valence-electron chi connectivity index (χ0n) is 16.2. The van der Waals surface area contributed by atoms with Crippen molar-refractivity contribution in [1.29, 1.82) is 5.26 Å². The van der Waals surface area contributed by atoms with Crippen molar-refractivity contribution in [2.75, 3.05) is 26.3 Å². The molecule has 1 aliphatic carbocycles. The second-order valence-electron chi connectivity index (χ2n) is 7.16. The number of rotatable bonds is 6. The number of nitrogens with one attached hydrogen (secondary N) is 1. The van der Waals surface area contributed by atoms with Crippen LogP contribution in [0.1, 0.15) is 18.6 Å². The summed E-state index contributed by atoms with van der Waals surface area (Å²) in [5.41, 5.74) is 0.672. The fraction of sp³-hybridized carbons (Fsp3) is 0.333. The van der Waals surface area contributed by atoms with Crippen molar-refractivity contribution in [3.8, 4) is 17.4 Å². The molecule has 1 saturated carbocycles. The van der Waals surface area contributed by atoms with E-state index in [-0.39, 0.29) is 16.5 Å². The standard InChI is InChI=1S/C21H21N3O5S/c22-14-16(21(25)23-17-3-4-17)13-18-5-8-20(29-18)15-1-6-19(7-2-15)30(26,27)24-9-11-28-12-10-24/h1-2,5-8,13,17H,3-4,9-12H2,(H,23,25)/b16-13+. The first-order chi connectivity index (χ1) is 14.5. The Morgan fingerprint density at radius 3 is 2.47 bits per heavy atom. The largest absolute Gasteiger partial charge is 0.457 e. The zero-order chi connectivity index (χ0) is 21.1. The van der Waals surface area contributed by atoms with E-state index >= 15 is 0 Å². The zero-order valence-corrected chi connectivity index (χ0v) is 17.0. The van der Waals surface area contributed by atoms with Crippen molar-refractivity contribution >= 4 is 22.0 Å². The van der Waals surface area contributed by atoms with Crippen molar-refractivity contribution in [1.82, 2.24) is 9.62 Å². The van der Waals surface area contributed by atoms with Crippen LogP contribution in [0.25, 0.3) is 17.4 Å². The first-order valence-corrected chi connectivity index (χ1v) is 11.1. The van der Waals surface area contributed by atoms with Crippen molar-refractivity contribution < 1.29 is 22.4 Å². The Morgan fingerprint density at radius 2 is 1.83 bits per heavy atom. The predicted molar refractivity (Wildman–Crippen MR) is 108 cm³/mol. The van der Waals surface area contributed by atoms with E-state index in [2.05, 4.69) is 5.32 Å². The molecule has 0 bridgehead atoms. The van der Waals surface area contributed by atoms with Crippen LogP contribution < -0.4 is 5.32 Å². The minimum Gasteiger partial charge on any atom is -0.457 e. The molecule has 1 amide bonds. The highest BCUT2D eigenvalue weighted by Crippen LogP contribution is 2.26. The lowest BCUT2D eigenvalue weighted by Crippen LogP contribution is -2.40.